The van der Waals surface area contributed by atoms with E-state index in [-0.39, 0.29) is 36.1 Å². The number of nitrogen functional groups attached to an aromatic ring is 1. The predicted octanol–water partition coefficient (Wildman–Crippen LogP) is -0.674. The molecule has 0 bridgehead atoms. The van der Waals surface area contributed by atoms with E-state index in [1.165, 1.54) is 6.33 Å². The number of nitrogens with one attached hydrogen (secondary N) is 1. The lowest BCUT2D eigenvalue weighted by atomic mass is 10.0. The Balaban J connectivity index is 1.96. The van der Waals surface area contributed by atoms with Crippen molar-refractivity contribution in [2.75, 3.05) is 5.73 Å². The average Bonchev–Trinajstić information content (AvgIpc) is 2.92. The number of hydrogen-bond donors (Lipinski definition) is 4. The van der Waals surface area contributed by atoms with Gasteiger partial charge in [0.2, 0.25) is 5.95 Å². The molecule has 0 amide bonds. The number of rotatable bonds is 3. The van der Waals surface area contributed by atoms with E-state index in [2.05, 4.69) is 15.0 Å². The van der Waals surface area contributed by atoms with Crippen LogP contribution in [0.1, 0.15) is 26.0 Å². The van der Waals surface area contributed by atoms with Crippen LogP contribution in [0.4, 0.5) is 5.95 Å². The van der Waals surface area contributed by atoms with Gasteiger partial charge in [-0.1, -0.05) is 6.92 Å². The number of aliphatic hydroxyl groups is 2. The van der Waals surface area contributed by atoms with Crippen LogP contribution in [0.15, 0.2) is 11.1 Å². The molecular formula is C12H17N5O4. The summed E-state index contributed by atoms with van der Waals surface area (Å²) in [6, 6.07) is 0. The molecule has 0 radical (unpaired) electrons. The van der Waals surface area contributed by atoms with Crippen LogP contribution in [0.25, 0.3) is 11.2 Å². The highest BCUT2D eigenvalue weighted by Gasteiger charge is 2.35. The van der Waals surface area contributed by atoms with Gasteiger partial charge >= 0.3 is 0 Å². The number of aliphatic hydroxyl groups excluding tert-OH is 1. The average molecular weight is 295 g/mol. The number of aromatic nitrogens is 4. The van der Waals surface area contributed by atoms with Crippen molar-refractivity contribution in [3.8, 4) is 0 Å². The zero-order chi connectivity index (χ0) is 15.1. The molecule has 114 valence electrons. The van der Waals surface area contributed by atoms with Gasteiger partial charge in [-0.3, -0.25) is 14.3 Å². The molecule has 2 aromatic rings. The number of anilines is 1. The summed E-state index contributed by atoms with van der Waals surface area (Å²) in [5.41, 5.74) is 5.72. The summed E-state index contributed by atoms with van der Waals surface area (Å²) in [5, 5.41) is 18.1. The zero-order valence-corrected chi connectivity index (χ0v) is 11.4. The molecule has 2 aromatic heterocycles. The Morgan fingerprint density at radius 3 is 3.10 bits per heavy atom. The van der Waals surface area contributed by atoms with Gasteiger partial charge in [0.15, 0.2) is 17.5 Å². The minimum Gasteiger partial charge on any atom is -0.369 e. The Morgan fingerprint density at radius 1 is 1.62 bits per heavy atom. The van der Waals surface area contributed by atoms with Gasteiger partial charge in [0, 0.05) is 12.3 Å². The standard InChI is InChI=1S/C12H17N5O4/c1-5-2-6(3-7(18)19)21-11(5)17-4-14-8-9(17)15-12(13)16-10(8)20/h4-7,11,18-19H,2-3H2,1H3,(H3,13,15,16,20)/t5-,6-,11+/m0/s1. The van der Waals surface area contributed by atoms with Gasteiger partial charge < -0.3 is 20.7 Å². The maximum absolute atomic E-state index is 11.8. The van der Waals surface area contributed by atoms with Crippen molar-refractivity contribution in [1.29, 1.82) is 0 Å². The van der Waals surface area contributed by atoms with Crippen LogP contribution >= 0.6 is 0 Å². The molecule has 0 aliphatic carbocycles. The molecule has 3 heterocycles. The first-order valence-electron chi connectivity index (χ1n) is 6.69. The molecule has 0 aromatic carbocycles. The molecule has 0 saturated carbocycles. The molecule has 3 rings (SSSR count). The quantitative estimate of drug-likeness (QED) is 0.550. The minimum atomic E-state index is -1.41. The Bertz CT molecular complexity index is 709. The van der Waals surface area contributed by atoms with Crippen LogP contribution in [-0.4, -0.2) is 42.1 Å². The number of aromatic amines is 1. The van der Waals surface area contributed by atoms with Gasteiger partial charge in [0.1, 0.15) is 6.23 Å². The lowest BCUT2D eigenvalue weighted by Crippen LogP contribution is -2.18. The highest BCUT2D eigenvalue weighted by molar-refractivity contribution is 5.70. The van der Waals surface area contributed by atoms with Crippen LogP contribution in [-0.2, 0) is 4.74 Å². The minimum absolute atomic E-state index is 0.0160. The summed E-state index contributed by atoms with van der Waals surface area (Å²) in [6.07, 6.45) is 0.279. The van der Waals surface area contributed by atoms with Gasteiger partial charge in [-0.2, -0.15) is 4.98 Å². The lowest BCUT2D eigenvalue weighted by Gasteiger charge is -2.17. The first kappa shape index (κ1) is 14.0. The van der Waals surface area contributed by atoms with E-state index in [0.29, 0.717) is 12.1 Å². The summed E-state index contributed by atoms with van der Waals surface area (Å²) < 4.78 is 7.49. The second kappa shape index (κ2) is 5.10. The molecule has 1 aliphatic heterocycles. The number of H-pyrrole nitrogens is 1. The summed E-state index contributed by atoms with van der Waals surface area (Å²) in [4.78, 5) is 22.3. The van der Waals surface area contributed by atoms with Crippen LogP contribution in [0.2, 0.25) is 0 Å². The van der Waals surface area contributed by atoms with E-state index in [4.69, 9.17) is 20.7 Å². The SMILES string of the molecule is C[C@H]1C[C@@H](CC(O)O)O[C@H]1n1cnc2c(=O)[nH]c(N)nc21. The summed E-state index contributed by atoms with van der Waals surface area (Å²) in [5.74, 6) is 0.135. The third-order valence-electron chi connectivity index (χ3n) is 3.65. The van der Waals surface area contributed by atoms with Crippen LogP contribution in [0.3, 0.4) is 0 Å². The number of imidazole rings is 1. The summed E-state index contributed by atoms with van der Waals surface area (Å²) in [6.45, 7) is 1.98. The third-order valence-corrected chi connectivity index (χ3v) is 3.65. The molecule has 9 heteroatoms. The second-order valence-electron chi connectivity index (χ2n) is 5.35. The molecule has 21 heavy (non-hydrogen) atoms. The molecule has 3 atom stereocenters. The van der Waals surface area contributed by atoms with E-state index in [0.717, 1.165) is 0 Å². The number of ether oxygens (including phenoxy) is 1. The molecule has 1 fully saturated rings. The number of nitrogens with zero attached hydrogens (tertiary/aromatic N) is 3. The molecule has 5 N–H and O–H groups in total. The van der Waals surface area contributed by atoms with E-state index in [9.17, 15) is 4.79 Å². The molecule has 0 unspecified atom stereocenters. The fourth-order valence-electron chi connectivity index (χ4n) is 2.77. The van der Waals surface area contributed by atoms with Crippen molar-refractivity contribution < 1.29 is 14.9 Å². The lowest BCUT2D eigenvalue weighted by molar-refractivity contribution is -0.0911. The first-order chi connectivity index (χ1) is 9.95. The van der Waals surface area contributed by atoms with E-state index >= 15 is 0 Å². The fourth-order valence-corrected chi connectivity index (χ4v) is 2.77. The van der Waals surface area contributed by atoms with E-state index in [1.807, 2.05) is 6.92 Å². The topological polar surface area (TPSA) is 139 Å². The van der Waals surface area contributed by atoms with Crippen molar-refractivity contribution in [3.63, 3.8) is 0 Å². The molecule has 1 saturated heterocycles. The fraction of sp³-hybridized carbons (Fsp3) is 0.583. The van der Waals surface area contributed by atoms with Gasteiger partial charge in [-0.15, -0.1) is 0 Å². The van der Waals surface area contributed by atoms with Crippen molar-refractivity contribution in [3.05, 3.63) is 16.7 Å². The number of nitrogens with two attached hydrogens (primary N) is 1. The normalized spacial score (nSPS) is 26.0. The van der Waals surface area contributed by atoms with Gasteiger partial charge in [0.25, 0.3) is 5.56 Å². The highest BCUT2D eigenvalue weighted by atomic mass is 16.5. The van der Waals surface area contributed by atoms with Crippen molar-refractivity contribution in [2.45, 2.75) is 38.4 Å². The summed E-state index contributed by atoms with van der Waals surface area (Å²) in [7, 11) is 0. The molecular weight excluding hydrogens is 278 g/mol. The van der Waals surface area contributed by atoms with E-state index < -0.39 is 11.8 Å². The van der Waals surface area contributed by atoms with Crippen molar-refractivity contribution >= 4 is 17.1 Å². The number of fused-ring (bicyclic) bond motifs is 1. The summed E-state index contributed by atoms with van der Waals surface area (Å²) >= 11 is 0. The molecule has 1 aliphatic rings. The zero-order valence-electron chi connectivity index (χ0n) is 11.4. The smallest absolute Gasteiger partial charge is 0.280 e. The van der Waals surface area contributed by atoms with Crippen molar-refractivity contribution in [2.24, 2.45) is 5.92 Å². The van der Waals surface area contributed by atoms with Crippen molar-refractivity contribution in [1.82, 2.24) is 19.5 Å². The molecule has 9 nitrogen and oxygen atoms in total. The Morgan fingerprint density at radius 2 is 2.38 bits per heavy atom. The van der Waals surface area contributed by atoms with Crippen LogP contribution < -0.4 is 11.3 Å². The Labute approximate surface area is 119 Å². The monoisotopic (exact) mass is 295 g/mol. The Hall–Kier alpha value is -1.97. The third kappa shape index (κ3) is 2.50. The molecule has 0 spiro atoms. The van der Waals surface area contributed by atoms with E-state index in [1.54, 1.807) is 4.57 Å². The second-order valence-corrected chi connectivity index (χ2v) is 5.35. The Kier molecular flexibility index (Phi) is 3.40. The maximum atomic E-state index is 11.8. The van der Waals surface area contributed by atoms with Gasteiger partial charge in [-0.25, -0.2) is 4.98 Å². The van der Waals surface area contributed by atoms with Crippen LogP contribution in [0, 0.1) is 5.92 Å². The highest BCUT2D eigenvalue weighted by Crippen LogP contribution is 2.36. The predicted molar refractivity (Wildman–Crippen MR) is 73.1 cm³/mol. The van der Waals surface area contributed by atoms with Crippen LogP contribution in [0.5, 0.6) is 0 Å². The number of hydrogen-bond acceptors (Lipinski definition) is 7. The van der Waals surface area contributed by atoms with Gasteiger partial charge in [-0.05, 0) is 6.42 Å². The largest absolute Gasteiger partial charge is 0.369 e. The first-order valence-corrected chi connectivity index (χ1v) is 6.69. The van der Waals surface area contributed by atoms with Gasteiger partial charge in [0.05, 0.1) is 12.4 Å². The maximum Gasteiger partial charge on any atom is 0.280 e.